The average Bonchev–Trinajstić information content (AvgIpc) is 2.15. The van der Waals surface area contributed by atoms with Crippen molar-refractivity contribution in [3.05, 3.63) is 0 Å². The third-order valence-electron chi connectivity index (χ3n) is 1.92. The Morgan fingerprint density at radius 2 is 1.75 bits per heavy atom. The van der Waals surface area contributed by atoms with Crippen LogP contribution in [0.4, 0.5) is 0 Å². The van der Waals surface area contributed by atoms with Crippen molar-refractivity contribution in [3.8, 4) is 0 Å². The summed E-state index contributed by atoms with van der Waals surface area (Å²) in [6, 6.07) is -0.549. The zero-order valence-electron chi connectivity index (χ0n) is 6.38. The first-order chi connectivity index (χ1) is 5.34. The van der Waals surface area contributed by atoms with Crippen LogP contribution >= 0.6 is 0 Å². The maximum atomic E-state index is 10.6. The summed E-state index contributed by atoms with van der Waals surface area (Å²) in [4.78, 5) is 0. The van der Waals surface area contributed by atoms with E-state index >= 15 is 0 Å². The Balaban J connectivity index is 2.86. The van der Waals surface area contributed by atoms with Crippen molar-refractivity contribution in [3.63, 3.8) is 0 Å². The monoisotopic (exact) mass is 197 g/mol. The average molecular weight is 197 g/mol. The Bertz CT molecular complexity index is 263. The quantitative estimate of drug-likeness (QED) is 0.359. The van der Waals surface area contributed by atoms with Crippen LogP contribution in [0.15, 0.2) is 0 Å². The van der Waals surface area contributed by atoms with E-state index in [9.17, 15) is 8.42 Å². The molecule has 0 radical (unpaired) electrons. The molecule has 0 aromatic carbocycles. The third-order valence-corrected chi connectivity index (χ3v) is 2.98. The molecule has 12 heavy (non-hydrogen) atoms. The summed E-state index contributed by atoms with van der Waals surface area (Å²) in [5.41, 5.74) is 0. The predicted octanol–water partition coefficient (Wildman–Crippen LogP) is -2.09. The molecule has 1 aliphatic heterocycles. The zero-order valence-corrected chi connectivity index (χ0v) is 7.19. The van der Waals surface area contributed by atoms with Crippen LogP contribution in [0.3, 0.4) is 0 Å². The summed E-state index contributed by atoms with van der Waals surface area (Å²) in [7, 11) is -4.34. The first kappa shape index (κ1) is 9.87. The molecule has 0 amide bonds. The molecule has 0 saturated carbocycles. The van der Waals surface area contributed by atoms with Gasteiger partial charge in [0.05, 0.1) is 6.10 Å². The number of nitrogens with one attached hydrogen (secondary N) is 1. The lowest BCUT2D eigenvalue weighted by Gasteiger charge is -2.11. The molecule has 1 fully saturated rings. The Hall–Kier alpha value is -0.210. The molecule has 0 aromatic heterocycles. The predicted molar refractivity (Wildman–Crippen MR) is 39.9 cm³/mol. The van der Waals surface area contributed by atoms with E-state index in [-0.39, 0.29) is 0 Å². The number of aliphatic hydroxyl groups excluding tert-OH is 2. The van der Waals surface area contributed by atoms with Gasteiger partial charge < -0.3 is 10.2 Å². The first-order valence-electron chi connectivity index (χ1n) is 3.42. The van der Waals surface area contributed by atoms with E-state index in [4.69, 9.17) is 14.8 Å². The highest BCUT2D eigenvalue weighted by atomic mass is 32.2. The van der Waals surface area contributed by atoms with Crippen LogP contribution in [0.2, 0.25) is 0 Å². The van der Waals surface area contributed by atoms with Gasteiger partial charge in [-0.25, -0.2) is 0 Å². The van der Waals surface area contributed by atoms with E-state index in [0.717, 1.165) is 0 Å². The lowest BCUT2D eigenvalue weighted by Crippen LogP contribution is -2.40. The van der Waals surface area contributed by atoms with E-state index < -0.39 is 33.7 Å². The van der Waals surface area contributed by atoms with Crippen molar-refractivity contribution in [2.45, 2.75) is 30.5 Å². The molecular weight excluding hydrogens is 186 g/mol. The minimum absolute atomic E-state index is 0.549. The molecule has 1 saturated heterocycles. The number of hydrogen-bond acceptors (Lipinski definition) is 5. The van der Waals surface area contributed by atoms with Gasteiger partial charge in [0.15, 0.2) is 5.37 Å². The van der Waals surface area contributed by atoms with Gasteiger partial charge in [0.2, 0.25) is 0 Å². The summed E-state index contributed by atoms with van der Waals surface area (Å²) >= 11 is 0. The van der Waals surface area contributed by atoms with Crippen molar-refractivity contribution in [1.82, 2.24) is 5.32 Å². The van der Waals surface area contributed by atoms with Crippen LogP contribution in [-0.2, 0) is 10.1 Å². The van der Waals surface area contributed by atoms with Crippen LogP contribution in [-0.4, -0.2) is 46.8 Å². The molecule has 0 spiro atoms. The number of hydrogen-bond donors (Lipinski definition) is 4. The molecule has 6 nitrogen and oxygen atoms in total. The normalized spacial score (nSPS) is 43.3. The van der Waals surface area contributed by atoms with Gasteiger partial charge in [0.1, 0.15) is 6.10 Å². The Kier molecular flexibility index (Phi) is 2.41. The second-order valence-electron chi connectivity index (χ2n) is 2.87. The lowest BCUT2D eigenvalue weighted by molar-refractivity contribution is 0.0384. The van der Waals surface area contributed by atoms with E-state index in [1.165, 1.54) is 6.92 Å². The van der Waals surface area contributed by atoms with Crippen molar-refractivity contribution in [2.24, 2.45) is 0 Å². The smallest absolute Gasteiger partial charge is 0.283 e. The number of aliphatic hydroxyl groups is 2. The van der Waals surface area contributed by atoms with Crippen molar-refractivity contribution < 1.29 is 23.2 Å². The summed E-state index contributed by atoms with van der Waals surface area (Å²) in [6.07, 6.45) is -2.65. The molecule has 1 rings (SSSR count). The molecule has 4 atom stereocenters. The van der Waals surface area contributed by atoms with Crippen LogP contribution in [0.25, 0.3) is 0 Å². The van der Waals surface area contributed by atoms with Gasteiger partial charge in [-0.05, 0) is 6.92 Å². The largest absolute Gasteiger partial charge is 0.389 e. The molecule has 0 bridgehead atoms. The maximum Gasteiger partial charge on any atom is 0.283 e. The van der Waals surface area contributed by atoms with Gasteiger partial charge in [-0.1, -0.05) is 0 Å². The van der Waals surface area contributed by atoms with Crippen LogP contribution in [0.1, 0.15) is 6.92 Å². The molecule has 72 valence electrons. The van der Waals surface area contributed by atoms with E-state index in [2.05, 4.69) is 5.32 Å². The Morgan fingerprint density at radius 3 is 1.92 bits per heavy atom. The highest BCUT2D eigenvalue weighted by Gasteiger charge is 2.45. The zero-order chi connectivity index (χ0) is 9.52. The molecule has 7 heteroatoms. The highest BCUT2D eigenvalue weighted by molar-refractivity contribution is 7.86. The highest BCUT2D eigenvalue weighted by Crippen LogP contribution is 2.17. The fourth-order valence-electron chi connectivity index (χ4n) is 1.19. The minimum Gasteiger partial charge on any atom is -0.389 e. The Morgan fingerprint density at radius 1 is 1.25 bits per heavy atom. The van der Waals surface area contributed by atoms with E-state index in [0.29, 0.717) is 0 Å². The fourth-order valence-corrected chi connectivity index (χ4v) is 2.09. The maximum absolute atomic E-state index is 10.6. The summed E-state index contributed by atoms with van der Waals surface area (Å²) in [5, 5.41) is 19.1. The van der Waals surface area contributed by atoms with Gasteiger partial charge >= 0.3 is 0 Å². The minimum atomic E-state index is -4.34. The van der Waals surface area contributed by atoms with Gasteiger partial charge in [-0.15, -0.1) is 0 Å². The number of rotatable bonds is 1. The van der Waals surface area contributed by atoms with E-state index in [1.54, 1.807) is 0 Å². The van der Waals surface area contributed by atoms with E-state index in [1.807, 2.05) is 0 Å². The lowest BCUT2D eigenvalue weighted by atomic mass is 10.2. The summed E-state index contributed by atoms with van der Waals surface area (Å²) in [5.74, 6) is 0. The summed E-state index contributed by atoms with van der Waals surface area (Å²) in [6.45, 7) is 1.51. The topological polar surface area (TPSA) is 107 Å². The van der Waals surface area contributed by atoms with Gasteiger partial charge in [-0.3, -0.25) is 9.87 Å². The fraction of sp³-hybridized carbons (Fsp3) is 1.00. The van der Waals surface area contributed by atoms with Gasteiger partial charge in [0.25, 0.3) is 10.1 Å². The van der Waals surface area contributed by atoms with Gasteiger partial charge in [-0.2, -0.15) is 8.42 Å². The molecule has 0 aromatic rings. The van der Waals surface area contributed by atoms with Crippen molar-refractivity contribution >= 4 is 10.1 Å². The molecule has 0 unspecified atom stereocenters. The molecule has 0 aliphatic carbocycles. The van der Waals surface area contributed by atoms with Crippen molar-refractivity contribution in [2.75, 3.05) is 0 Å². The van der Waals surface area contributed by atoms with Crippen LogP contribution in [0.5, 0.6) is 0 Å². The van der Waals surface area contributed by atoms with Crippen molar-refractivity contribution in [1.29, 1.82) is 0 Å². The van der Waals surface area contributed by atoms with Gasteiger partial charge in [0, 0.05) is 6.04 Å². The van der Waals surface area contributed by atoms with Crippen LogP contribution in [0, 0.1) is 0 Å². The molecule has 1 aliphatic rings. The van der Waals surface area contributed by atoms with Crippen LogP contribution < -0.4 is 5.32 Å². The standard InChI is InChI=1S/C5H11NO5S/c1-2-3(7)4(8)5(6-2)12(9,10)11/h2-8H,1H3,(H,9,10,11)/t2-,3-,4-,5-/m0/s1. The molecular formula is C5H11NO5S. The molecule has 4 N–H and O–H groups in total. The summed E-state index contributed by atoms with van der Waals surface area (Å²) < 4.78 is 29.7. The third kappa shape index (κ3) is 1.59. The second kappa shape index (κ2) is 2.93. The Labute approximate surface area is 70.0 Å². The SMILES string of the molecule is C[C@@H]1N[C@@H](S(=O)(=O)O)[C@@H](O)[C@H]1O. The first-order valence-corrected chi connectivity index (χ1v) is 4.93. The second-order valence-corrected chi connectivity index (χ2v) is 4.41. The molecule has 1 heterocycles.